The van der Waals surface area contributed by atoms with E-state index in [0.29, 0.717) is 29.0 Å². The van der Waals surface area contributed by atoms with Crippen LogP contribution >= 0.6 is 0 Å². The molecule has 2 amide bonds. The number of ether oxygens (including phenoxy) is 6. The molecule has 1 aliphatic heterocycles. The number of esters is 2. The van der Waals surface area contributed by atoms with Crippen molar-refractivity contribution in [2.24, 2.45) is 0 Å². The SMILES string of the molecule is O=C(N[C@@H]1CN(C(=O)OCc2ccccc2)C[C@H]1OC(=O)c1cc(OCc2ccccc2)c(-c2ccccc2C(=O)OCc2ccccc2)c(OCc2ccccc2)c1)c1ccc(OCc2ccccc2)cc1. The summed E-state index contributed by atoms with van der Waals surface area (Å²) >= 11 is 0. The van der Waals surface area contributed by atoms with Crippen LogP contribution < -0.4 is 19.5 Å². The van der Waals surface area contributed by atoms with Gasteiger partial charge in [0, 0.05) is 17.7 Å². The van der Waals surface area contributed by atoms with Gasteiger partial charge >= 0.3 is 18.0 Å². The summed E-state index contributed by atoms with van der Waals surface area (Å²) in [6.07, 6.45) is -1.66. The number of rotatable bonds is 19. The van der Waals surface area contributed by atoms with Gasteiger partial charge in [-0.3, -0.25) is 4.79 Å². The number of likely N-dealkylation sites (tertiary alicyclic amines) is 1. The fraction of sp³-hybridized carbons (Fsp3) is 0.148. The minimum Gasteiger partial charge on any atom is -0.489 e. The Balaban J connectivity index is 1.02. The van der Waals surface area contributed by atoms with Crippen LogP contribution in [0.5, 0.6) is 17.2 Å². The van der Waals surface area contributed by atoms with E-state index in [1.165, 1.54) is 4.90 Å². The van der Waals surface area contributed by atoms with Crippen LogP contribution in [0.25, 0.3) is 11.1 Å². The zero-order valence-electron chi connectivity index (χ0n) is 39.8. The van der Waals surface area contributed by atoms with Gasteiger partial charge in [-0.1, -0.05) is 170 Å². The second kappa shape index (κ2) is 24.1. The van der Waals surface area contributed by atoms with Crippen LogP contribution in [-0.2, 0) is 47.2 Å². The van der Waals surface area contributed by atoms with E-state index in [-0.39, 0.29) is 62.1 Å². The van der Waals surface area contributed by atoms with Crippen LogP contribution in [0.4, 0.5) is 4.79 Å². The molecule has 0 aliphatic carbocycles. The Bertz CT molecular complexity index is 3040. The molecule has 1 heterocycles. The molecule has 12 heteroatoms. The smallest absolute Gasteiger partial charge is 0.410 e. The summed E-state index contributed by atoms with van der Waals surface area (Å²) < 4.78 is 37.0. The standard InChI is InChI=1S/C61H52N2O10/c64-58(48-30-32-50(33-31-48)68-38-43-18-6-1-7-19-43)62-53-36-63(61(67)72-42-47-26-14-5-15-27-47)37-56(53)73-59(65)49-34-54(69-39-44-20-8-2-9-21-44)57(55(35-49)70-40-45-22-10-3-11-23-45)51-28-16-17-29-52(51)60(66)71-41-46-24-12-4-13-25-46/h1-35,53,56H,36-42H2,(H,62,64)/t53-,56-/m1/s1. The number of nitrogens with one attached hydrogen (secondary N) is 1. The monoisotopic (exact) mass is 972 g/mol. The normalized spacial score (nSPS) is 13.8. The summed E-state index contributed by atoms with van der Waals surface area (Å²) in [5.74, 6) is -0.762. The van der Waals surface area contributed by atoms with Crippen molar-refractivity contribution in [1.29, 1.82) is 0 Å². The maximum atomic E-state index is 14.7. The number of carbonyl (C=O) groups excluding carboxylic acids is 4. The molecule has 366 valence electrons. The number of nitrogens with zero attached hydrogens (tertiary/aromatic N) is 1. The van der Waals surface area contributed by atoms with Crippen molar-refractivity contribution in [3.05, 3.63) is 257 Å². The highest BCUT2D eigenvalue weighted by molar-refractivity contribution is 6.01. The van der Waals surface area contributed by atoms with Gasteiger partial charge in [-0.25, -0.2) is 14.4 Å². The highest BCUT2D eigenvalue weighted by atomic mass is 16.6. The van der Waals surface area contributed by atoms with Crippen molar-refractivity contribution >= 4 is 23.9 Å². The number of benzene rings is 8. The van der Waals surface area contributed by atoms with E-state index in [9.17, 15) is 19.2 Å². The minimum atomic E-state index is -1.02. The van der Waals surface area contributed by atoms with Gasteiger partial charge in [-0.05, 0) is 70.3 Å². The molecule has 0 unspecified atom stereocenters. The van der Waals surface area contributed by atoms with Crippen LogP contribution in [-0.4, -0.2) is 54.1 Å². The summed E-state index contributed by atoms with van der Waals surface area (Å²) in [6, 6.07) is 63.4. The molecular weight excluding hydrogens is 921 g/mol. The second-order valence-corrected chi connectivity index (χ2v) is 17.3. The molecule has 8 aromatic carbocycles. The predicted octanol–water partition coefficient (Wildman–Crippen LogP) is 11.4. The molecule has 1 aliphatic rings. The molecule has 0 spiro atoms. The molecular formula is C61H52N2O10. The molecule has 0 radical (unpaired) electrons. The van der Waals surface area contributed by atoms with Crippen molar-refractivity contribution in [2.45, 2.75) is 45.2 Å². The number of hydrogen-bond donors (Lipinski definition) is 1. The first-order valence-electron chi connectivity index (χ1n) is 23.9. The van der Waals surface area contributed by atoms with E-state index in [4.69, 9.17) is 28.4 Å². The number of hydrogen-bond acceptors (Lipinski definition) is 10. The third-order valence-electron chi connectivity index (χ3n) is 12.1. The van der Waals surface area contributed by atoms with Crippen LogP contribution in [0, 0.1) is 0 Å². The zero-order chi connectivity index (χ0) is 50.2. The Morgan fingerprint density at radius 2 is 0.904 bits per heavy atom. The third kappa shape index (κ3) is 13.2. The molecule has 0 saturated carbocycles. The van der Waals surface area contributed by atoms with E-state index >= 15 is 0 Å². The fourth-order valence-corrected chi connectivity index (χ4v) is 8.24. The van der Waals surface area contributed by atoms with Gasteiger partial charge in [0.05, 0.1) is 29.3 Å². The van der Waals surface area contributed by atoms with Gasteiger partial charge in [0.25, 0.3) is 5.91 Å². The lowest BCUT2D eigenvalue weighted by atomic mass is 9.96. The van der Waals surface area contributed by atoms with Crippen LogP contribution in [0.2, 0.25) is 0 Å². The first kappa shape index (κ1) is 48.8. The summed E-state index contributed by atoms with van der Waals surface area (Å²) in [4.78, 5) is 57.7. The van der Waals surface area contributed by atoms with Gasteiger partial charge in [0.2, 0.25) is 0 Å². The number of amides is 2. The van der Waals surface area contributed by atoms with E-state index in [2.05, 4.69) is 5.32 Å². The van der Waals surface area contributed by atoms with E-state index < -0.39 is 36.1 Å². The van der Waals surface area contributed by atoms with Gasteiger partial charge in [0.1, 0.15) is 56.4 Å². The van der Waals surface area contributed by atoms with E-state index in [0.717, 1.165) is 27.8 Å². The average Bonchev–Trinajstić information content (AvgIpc) is 3.84. The highest BCUT2D eigenvalue weighted by Gasteiger charge is 2.40. The first-order valence-corrected chi connectivity index (χ1v) is 23.9. The molecule has 1 saturated heterocycles. The fourth-order valence-electron chi connectivity index (χ4n) is 8.24. The molecule has 8 aromatic rings. The van der Waals surface area contributed by atoms with E-state index in [1.54, 1.807) is 60.7 Å². The van der Waals surface area contributed by atoms with Gasteiger partial charge in [0.15, 0.2) is 0 Å². The summed E-state index contributed by atoms with van der Waals surface area (Å²) in [6.45, 7) is 0.538. The Morgan fingerprint density at radius 3 is 1.42 bits per heavy atom. The van der Waals surface area contributed by atoms with Crippen LogP contribution in [0.1, 0.15) is 58.9 Å². The first-order chi connectivity index (χ1) is 35.8. The average molecular weight is 973 g/mol. The lowest BCUT2D eigenvalue weighted by Crippen LogP contribution is -2.44. The summed E-state index contributed by atoms with van der Waals surface area (Å²) in [5.41, 5.74) is 5.82. The minimum absolute atomic E-state index is 0.0114. The Hall–Kier alpha value is -9.16. The Labute approximate surface area is 423 Å². The molecule has 1 N–H and O–H groups in total. The summed E-state index contributed by atoms with van der Waals surface area (Å²) in [5, 5.41) is 3.01. The van der Waals surface area contributed by atoms with Crippen molar-refractivity contribution < 1.29 is 47.6 Å². The quantitative estimate of drug-likeness (QED) is 0.0615. The van der Waals surface area contributed by atoms with Crippen molar-refractivity contribution in [3.63, 3.8) is 0 Å². The van der Waals surface area contributed by atoms with Gasteiger partial charge in [-0.15, -0.1) is 0 Å². The van der Waals surface area contributed by atoms with Gasteiger partial charge < -0.3 is 38.6 Å². The maximum Gasteiger partial charge on any atom is 0.410 e. The van der Waals surface area contributed by atoms with Crippen molar-refractivity contribution in [1.82, 2.24) is 10.2 Å². The zero-order valence-corrected chi connectivity index (χ0v) is 39.8. The lowest BCUT2D eigenvalue weighted by Gasteiger charge is -2.22. The number of carbonyl (C=O) groups is 4. The van der Waals surface area contributed by atoms with E-state index in [1.807, 2.05) is 152 Å². The van der Waals surface area contributed by atoms with Crippen molar-refractivity contribution in [3.8, 4) is 28.4 Å². The molecule has 73 heavy (non-hydrogen) atoms. The molecule has 0 bridgehead atoms. The van der Waals surface area contributed by atoms with Gasteiger partial charge in [-0.2, -0.15) is 0 Å². The third-order valence-corrected chi connectivity index (χ3v) is 12.1. The largest absolute Gasteiger partial charge is 0.489 e. The summed E-state index contributed by atoms with van der Waals surface area (Å²) in [7, 11) is 0. The molecule has 2 atom stereocenters. The molecule has 1 fully saturated rings. The second-order valence-electron chi connectivity index (χ2n) is 17.3. The Morgan fingerprint density at radius 1 is 0.452 bits per heavy atom. The van der Waals surface area contributed by atoms with Crippen LogP contribution in [0.3, 0.4) is 0 Å². The molecule has 12 nitrogen and oxygen atoms in total. The van der Waals surface area contributed by atoms with Crippen molar-refractivity contribution in [2.75, 3.05) is 13.1 Å². The maximum absolute atomic E-state index is 14.7. The molecule has 0 aromatic heterocycles. The highest BCUT2D eigenvalue weighted by Crippen LogP contribution is 2.43. The molecule has 9 rings (SSSR count). The lowest BCUT2D eigenvalue weighted by molar-refractivity contribution is 0.0259. The Kier molecular flexibility index (Phi) is 16.1. The van der Waals surface area contributed by atoms with Crippen LogP contribution in [0.15, 0.2) is 212 Å². The topological polar surface area (TPSA) is 139 Å². The predicted molar refractivity (Wildman–Crippen MR) is 275 cm³/mol.